The van der Waals surface area contributed by atoms with Crippen LogP contribution in [-0.4, -0.2) is 58.3 Å². The number of nitrogens with zero attached hydrogens (tertiary/aromatic N) is 1. The highest BCUT2D eigenvalue weighted by Gasteiger charge is 2.47. The maximum absolute atomic E-state index is 13.1. The van der Waals surface area contributed by atoms with Crippen molar-refractivity contribution in [1.82, 2.24) is 10.2 Å². The van der Waals surface area contributed by atoms with E-state index in [1.54, 1.807) is 11.8 Å². The second kappa shape index (κ2) is 17.2. The number of amides is 3. The van der Waals surface area contributed by atoms with Gasteiger partial charge in [0, 0.05) is 47.8 Å². The fourth-order valence-corrected chi connectivity index (χ4v) is 7.87. The van der Waals surface area contributed by atoms with Gasteiger partial charge in [-0.2, -0.15) is 13.2 Å². The van der Waals surface area contributed by atoms with Crippen LogP contribution in [0.3, 0.4) is 0 Å². The molecule has 0 radical (unpaired) electrons. The van der Waals surface area contributed by atoms with E-state index in [1.165, 1.54) is 6.92 Å². The van der Waals surface area contributed by atoms with Crippen molar-refractivity contribution >= 4 is 35.2 Å². The van der Waals surface area contributed by atoms with E-state index in [1.807, 2.05) is 97.1 Å². The van der Waals surface area contributed by atoms with Gasteiger partial charge in [0.2, 0.25) is 11.8 Å². The van der Waals surface area contributed by atoms with Crippen molar-refractivity contribution in [3.05, 3.63) is 119 Å². The Kier molecular flexibility index (Phi) is 12.4. The molecule has 4 aromatic carbocycles. The molecule has 0 unspecified atom stereocenters. The number of hydrogen-bond acceptors (Lipinski definition) is 7. The number of likely N-dealkylation sites (tertiary alicyclic amines) is 1. The Morgan fingerprint density at radius 2 is 1.59 bits per heavy atom. The molecule has 6 rings (SSSR count). The zero-order valence-electron chi connectivity index (χ0n) is 29.8. The first kappa shape index (κ1) is 39.0. The van der Waals surface area contributed by atoms with E-state index in [-0.39, 0.29) is 50.2 Å². The summed E-state index contributed by atoms with van der Waals surface area (Å²) in [5.41, 5.74) is 5.77. The summed E-state index contributed by atoms with van der Waals surface area (Å²) in [5, 5.41) is 15.1. The SMILES string of the molecule is CC(=O)Nc1ccc(SC[C@@H]2O[C@H](c3cccc(-c4cccc(CNC(=O)[C@@H]5CCCN5C(=O)C(F)(F)F)c4)c3)O[C@H](c3ccc(CO)cc3)[C@@H]2C)cc1. The quantitative estimate of drug-likeness (QED) is 0.135. The van der Waals surface area contributed by atoms with Crippen LogP contribution in [0.25, 0.3) is 11.1 Å². The topological polar surface area (TPSA) is 117 Å². The molecule has 0 bridgehead atoms. The van der Waals surface area contributed by atoms with Gasteiger partial charge in [0.05, 0.1) is 18.8 Å². The van der Waals surface area contributed by atoms with E-state index in [0.29, 0.717) is 17.1 Å². The third-order valence-corrected chi connectivity index (χ3v) is 10.8. The van der Waals surface area contributed by atoms with E-state index in [9.17, 15) is 32.7 Å². The number of thioether (sulfide) groups is 1. The van der Waals surface area contributed by atoms with Crippen molar-refractivity contribution in [3.8, 4) is 11.1 Å². The number of rotatable bonds is 11. The molecule has 0 aromatic heterocycles. The molecule has 5 atom stereocenters. The number of nitrogens with one attached hydrogen (secondary N) is 2. The largest absolute Gasteiger partial charge is 0.471 e. The number of hydrogen-bond donors (Lipinski definition) is 3. The van der Waals surface area contributed by atoms with Crippen LogP contribution in [0.4, 0.5) is 18.9 Å². The van der Waals surface area contributed by atoms with Gasteiger partial charge in [-0.15, -0.1) is 11.8 Å². The number of benzene rings is 4. The van der Waals surface area contributed by atoms with Crippen LogP contribution in [0, 0.1) is 5.92 Å². The van der Waals surface area contributed by atoms with Crippen molar-refractivity contribution in [2.45, 2.75) is 75.5 Å². The smallest absolute Gasteiger partial charge is 0.392 e. The number of anilines is 1. The zero-order chi connectivity index (χ0) is 38.4. The Labute approximate surface area is 316 Å². The standard InChI is InChI=1S/C41H42F3N3O6S/c1-25-36(24-54-34-17-15-33(16-18-34)46-26(2)49)52-39(53-37(25)29-13-11-27(23-48)12-14-29)32-9-4-8-31(21-32)30-7-3-6-28(20-30)22-45-38(50)35-10-5-19-47(35)40(51)41(42,43)44/h3-4,6-9,11-18,20-21,25,35-37,39,48H,5,10,19,22-24H2,1-2H3,(H,45,50)(H,46,49)/t25-,35+,36+,37+,39+/m1/s1. The Morgan fingerprint density at radius 1 is 0.889 bits per heavy atom. The van der Waals surface area contributed by atoms with Crippen LogP contribution in [-0.2, 0) is 37.0 Å². The third kappa shape index (κ3) is 9.51. The first-order valence-electron chi connectivity index (χ1n) is 17.8. The summed E-state index contributed by atoms with van der Waals surface area (Å²) in [5.74, 6) is -2.13. The minimum absolute atomic E-state index is 0.0228. The maximum Gasteiger partial charge on any atom is 0.471 e. The Balaban J connectivity index is 1.18. The molecule has 284 valence electrons. The monoisotopic (exact) mass is 761 g/mol. The molecule has 2 heterocycles. The molecule has 0 spiro atoms. The van der Waals surface area contributed by atoms with E-state index in [0.717, 1.165) is 44.0 Å². The predicted octanol–water partition coefficient (Wildman–Crippen LogP) is 7.56. The highest BCUT2D eigenvalue weighted by Crippen LogP contribution is 2.43. The van der Waals surface area contributed by atoms with E-state index >= 15 is 0 Å². The number of aliphatic hydroxyl groups excluding tert-OH is 1. The van der Waals surface area contributed by atoms with Crippen molar-refractivity contribution in [2.75, 3.05) is 17.6 Å². The molecule has 2 aliphatic heterocycles. The highest BCUT2D eigenvalue weighted by atomic mass is 32.2. The summed E-state index contributed by atoms with van der Waals surface area (Å²) in [6.45, 7) is 3.48. The lowest BCUT2D eigenvalue weighted by molar-refractivity contribution is -0.268. The minimum atomic E-state index is -5.03. The molecule has 9 nitrogen and oxygen atoms in total. The van der Waals surface area contributed by atoms with Gasteiger partial charge in [0.25, 0.3) is 0 Å². The first-order valence-corrected chi connectivity index (χ1v) is 18.7. The maximum atomic E-state index is 13.1. The van der Waals surface area contributed by atoms with E-state index in [4.69, 9.17) is 9.47 Å². The Morgan fingerprint density at radius 3 is 2.28 bits per heavy atom. The summed E-state index contributed by atoms with van der Waals surface area (Å²) >= 11 is 1.65. The molecule has 54 heavy (non-hydrogen) atoms. The van der Waals surface area contributed by atoms with Crippen LogP contribution in [0.5, 0.6) is 0 Å². The first-order chi connectivity index (χ1) is 25.9. The van der Waals surface area contributed by atoms with Gasteiger partial charge in [0.1, 0.15) is 6.04 Å². The lowest BCUT2D eigenvalue weighted by atomic mass is 9.91. The molecular weight excluding hydrogens is 720 g/mol. The Hall–Kier alpha value is -4.69. The van der Waals surface area contributed by atoms with Gasteiger partial charge in [-0.3, -0.25) is 14.4 Å². The normalized spacial score (nSPS) is 21.4. The second-order valence-corrected chi connectivity index (χ2v) is 14.6. The van der Waals surface area contributed by atoms with Crippen molar-refractivity contribution in [1.29, 1.82) is 0 Å². The molecule has 13 heteroatoms. The highest BCUT2D eigenvalue weighted by molar-refractivity contribution is 7.99. The second-order valence-electron chi connectivity index (χ2n) is 13.5. The van der Waals surface area contributed by atoms with Gasteiger partial charge in [0.15, 0.2) is 6.29 Å². The lowest BCUT2D eigenvalue weighted by Gasteiger charge is -2.41. The molecule has 2 aliphatic rings. The molecule has 0 saturated carbocycles. The number of carbonyl (C=O) groups is 3. The molecule has 3 N–H and O–H groups in total. The summed E-state index contributed by atoms with van der Waals surface area (Å²) in [6, 6.07) is 29.5. The van der Waals surface area contributed by atoms with E-state index in [2.05, 4.69) is 17.6 Å². The predicted molar refractivity (Wildman–Crippen MR) is 199 cm³/mol. The molecule has 0 aliphatic carbocycles. The summed E-state index contributed by atoms with van der Waals surface area (Å²) in [6.07, 6.45) is -5.75. The summed E-state index contributed by atoms with van der Waals surface area (Å²) in [4.78, 5) is 37.8. The number of halogens is 3. The number of aliphatic hydroxyl groups is 1. The summed E-state index contributed by atoms with van der Waals surface area (Å²) < 4.78 is 52.6. The van der Waals surface area contributed by atoms with Crippen LogP contribution in [0.15, 0.2) is 102 Å². The van der Waals surface area contributed by atoms with Crippen LogP contribution < -0.4 is 10.6 Å². The van der Waals surface area contributed by atoms with Crippen molar-refractivity contribution in [2.24, 2.45) is 5.92 Å². The fraction of sp³-hybridized carbons (Fsp3) is 0.341. The molecule has 2 saturated heterocycles. The van der Waals surface area contributed by atoms with Crippen LogP contribution in [0.1, 0.15) is 61.3 Å². The fourth-order valence-electron chi connectivity index (χ4n) is 6.80. The third-order valence-electron chi connectivity index (χ3n) is 9.66. The van der Waals surface area contributed by atoms with Crippen molar-refractivity contribution in [3.63, 3.8) is 0 Å². The molecule has 3 amide bonds. The van der Waals surface area contributed by atoms with Gasteiger partial charge in [-0.05, 0) is 77.1 Å². The molecular formula is C41H42F3N3O6S. The number of ether oxygens (including phenoxy) is 2. The molecule has 4 aromatic rings. The number of carbonyl (C=O) groups excluding carboxylic acids is 3. The lowest BCUT2D eigenvalue weighted by Crippen LogP contribution is -2.50. The van der Waals surface area contributed by atoms with Gasteiger partial charge in [-0.25, -0.2) is 0 Å². The minimum Gasteiger partial charge on any atom is -0.392 e. The average Bonchev–Trinajstić information content (AvgIpc) is 3.67. The Bertz CT molecular complexity index is 1940. The summed E-state index contributed by atoms with van der Waals surface area (Å²) in [7, 11) is 0. The zero-order valence-corrected chi connectivity index (χ0v) is 30.7. The van der Waals surface area contributed by atoms with E-state index < -0.39 is 30.3 Å². The van der Waals surface area contributed by atoms with Crippen LogP contribution >= 0.6 is 11.8 Å². The average molecular weight is 762 g/mol. The van der Waals surface area contributed by atoms with Gasteiger partial charge < -0.3 is 30.1 Å². The van der Waals surface area contributed by atoms with Crippen LogP contribution in [0.2, 0.25) is 0 Å². The van der Waals surface area contributed by atoms with Crippen molar-refractivity contribution < 1.29 is 42.1 Å². The number of alkyl halides is 3. The van der Waals surface area contributed by atoms with Gasteiger partial charge in [-0.1, -0.05) is 67.6 Å². The van der Waals surface area contributed by atoms with Gasteiger partial charge >= 0.3 is 12.1 Å². The molecule has 2 fully saturated rings.